The average molecular weight is 419 g/mol. The highest BCUT2D eigenvalue weighted by atomic mass is 16.2. The summed E-state index contributed by atoms with van der Waals surface area (Å²) in [6, 6.07) is 5.58. The largest absolute Gasteiger partial charge is 0.340 e. The number of aryl methyl sites for hydroxylation is 2. The average Bonchev–Trinajstić information content (AvgIpc) is 3.54. The van der Waals surface area contributed by atoms with Gasteiger partial charge in [-0.15, -0.1) is 0 Å². The first-order valence-corrected chi connectivity index (χ1v) is 10.4. The predicted molar refractivity (Wildman–Crippen MR) is 112 cm³/mol. The second-order valence-electron chi connectivity index (χ2n) is 8.57. The second-order valence-corrected chi connectivity index (χ2v) is 8.57. The van der Waals surface area contributed by atoms with Crippen LogP contribution in [0.25, 0.3) is 0 Å². The van der Waals surface area contributed by atoms with Gasteiger partial charge in [0.25, 0.3) is 5.91 Å². The van der Waals surface area contributed by atoms with Crippen LogP contribution in [0, 0.1) is 5.41 Å². The fraction of sp³-hybridized carbons (Fsp3) is 0.409. The molecule has 160 valence electrons. The van der Waals surface area contributed by atoms with E-state index in [2.05, 4.69) is 15.1 Å². The zero-order valence-corrected chi connectivity index (χ0v) is 17.7. The highest BCUT2D eigenvalue weighted by molar-refractivity contribution is 5.94. The van der Waals surface area contributed by atoms with Gasteiger partial charge >= 0.3 is 0 Å². The van der Waals surface area contributed by atoms with Crippen LogP contribution in [0.15, 0.2) is 49.3 Å². The van der Waals surface area contributed by atoms with Crippen molar-refractivity contribution in [3.8, 4) is 0 Å². The summed E-state index contributed by atoms with van der Waals surface area (Å²) >= 11 is 0. The summed E-state index contributed by atoms with van der Waals surface area (Å²) in [4.78, 5) is 39.3. The van der Waals surface area contributed by atoms with E-state index < -0.39 is 5.41 Å². The van der Waals surface area contributed by atoms with Gasteiger partial charge < -0.3 is 14.4 Å². The van der Waals surface area contributed by atoms with Gasteiger partial charge in [0, 0.05) is 71.0 Å². The number of likely N-dealkylation sites (tertiary alicyclic amines) is 2. The Morgan fingerprint density at radius 2 is 2.16 bits per heavy atom. The number of pyridine rings is 1. The van der Waals surface area contributed by atoms with E-state index in [9.17, 15) is 9.59 Å². The number of amides is 2. The highest BCUT2D eigenvalue weighted by Crippen LogP contribution is 2.50. The van der Waals surface area contributed by atoms with Gasteiger partial charge in [0.15, 0.2) is 0 Å². The topological polar surface area (TPSA) is 89.2 Å². The van der Waals surface area contributed by atoms with Crippen LogP contribution >= 0.6 is 0 Å². The molecular formula is C22H25N7O2. The molecule has 2 saturated heterocycles. The number of nitrogens with zero attached hydrogens (tertiary/aromatic N) is 7. The molecule has 1 spiro atoms. The zero-order chi connectivity index (χ0) is 21.6. The molecule has 0 aliphatic carbocycles. The normalized spacial score (nSPS) is 23.3. The molecule has 3 aromatic heterocycles. The van der Waals surface area contributed by atoms with Crippen molar-refractivity contribution in [2.75, 3.05) is 19.6 Å². The number of rotatable bonds is 4. The summed E-state index contributed by atoms with van der Waals surface area (Å²) in [6.45, 7) is 2.02. The molecule has 0 aromatic carbocycles. The fourth-order valence-corrected chi connectivity index (χ4v) is 4.94. The molecule has 0 bridgehead atoms. The molecule has 2 aliphatic rings. The third-order valence-corrected chi connectivity index (χ3v) is 6.48. The van der Waals surface area contributed by atoms with E-state index in [1.165, 1.54) is 0 Å². The summed E-state index contributed by atoms with van der Waals surface area (Å²) in [7, 11) is 3.70. The molecule has 3 aromatic rings. The number of imidazole rings is 1. The second kappa shape index (κ2) is 7.33. The molecule has 2 fully saturated rings. The lowest BCUT2D eigenvalue weighted by Gasteiger charge is -2.27. The van der Waals surface area contributed by atoms with Gasteiger partial charge in [0.2, 0.25) is 5.91 Å². The van der Waals surface area contributed by atoms with Gasteiger partial charge in [-0.3, -0.25) is 19.3 Å². The van der Waals surface area contributed by atoms with Crippen LogP contribution in [0.4, 0.5) is 0 Å². The quantitative estimate of drug-likeness (QED) is 0.634. The van der Waals surface area contributed by atoms with Crippen LogP contribution < -0.4 is 0 Å². The molecular weight excluding hydrogens is 394 g/mol. The minimum absolute atomic E-state index is 0.0864. The van der Waals surface area contributed by atoms with Crippen molar-refractivity contribution in [1.82, 2.24) is 34.1 Å². The van der Waals surface area contributed by atoms with Crippen molar-refractivity contribution in [2.24, 2.45) is 19.5 Å². The Balaban J connectivity index is 1.45. The van der Waals surface area contributed by atoms with Gasteiger partial charge in [-0.2, -0.15) is 5.10 Å². The number of carbonyl (C=O) groups is 2. The number of hydrogen-bond donors (Lipinski definition) is 0. The summed E-state index contributed by atoms with van der Waals surface area (Å²) in [5.41, 5.74) is 1.59. The summed E-state index contributed by atoms with van der Waals surface area (Å²) in [5, 5.41) is 4.27. The minimum atomic E-state index is -0.666. The van der Waals surface area contributed by atoms with Gasteiger partial charge in [0.05, 0.1) is 17.4 Å². The van der Waals surface area contributed by atoms with Crippen molar-refractivity contribution in [2.45, 2.75) is 18.9 Å². The Hall–Kier alpha value is -3.49. The minimum Gasteiger partial charge on any atom is -0.340 e. The number of aromatic nitrogens is 5. The molecule has 5 rings (SSSR count). The highest BCUT2D eigenvalue weighted by Gasteiger charge is 2.58. The van der Waals surface area contributed by atoms with E-state index in [1.54, 1.807) is 47.6 Å². The Kier molecular flexibility index (Phi) is 4.60. The van der Waals surface area contributed by atoms with E-state index in [1.807, 2.05) is 34.8 Å². The first-order chi connectivity index (χ1) is 15.0. The maximum atomic E-state index is 13.7. The molecule has 9 nitrogen and oxygen atoms in total. The molecule has 2 atom stereocenters. The number of carbonyl (C=O) groups excluding carboxylic acids is 2. The van der Waals surface area contributed by atoms with Crippen molar-refractivity contribution >= 4 is 11.8 Å². The third-order valence-electron chi connectivity index (χ3n) is 6.48. The molecule has 2 aliphatic heterocycles. The van der Waals surface area contributed by atoms with Crippen LogP contribution in [0.1, 0.15) is 34.1 Å². The van der Waals surface area contributed by atoms with E-state index in [0.29, 0.717) is 38.3 Å². The van der Waals surface area contributed by atoms with Crippen molar-refractivity contribution in [3.05, 3.63) is 66.3 Å². The maximum Gasteiger partial charge on any atom is 0.274 e. The summed E-state index contributed by atoms with van der Waals surface area (Å²) in [5.74, 6) is -0.201. The van der Waals surface area contributed by atoms with Crippen LogP contribution in [0.2, 0.25) is 0 Å². The van der Waals surface area contributed by atoms with Crippen LogP contribution in [-0.2, 0) is 25.4 Å². The Morgan fingerprint density at radius 3 is 2.84 bits per heavy atom. The molecule has 0 radical (unpaired) electrons. The zero-order valence-electron chi connectivity index (χ0n) is 17.7. The van der Waals surface area contributed by atoms with E-state index in [0.717, 1.165) is 11.3 Å². The summed E-state index contributed by atoms with van der Waals surface area (Å²) in [6.07, 6.45) is 9.67. The smallest absolute Gasteiger partial charge is 0.274 e. The van der Waals surface area contributed by atoms with Crippen LogP contribution in [-0.4, -0.2) is 65.6 Å². The lowest BCUT2D eigenvalue weighted by atomic mass is 9.75. The third kappa shape index (κ3) is 3.30. The molecule has 0 saturated carbocycles. The first kappa shape index (κ1) is 19.5. The molecule has 0 N–H and O–H groups in total. The van der Waals surface area contributed by atoms with Gasteiger partial charge in [-0.05, 0) is 24.1 Å². The SMILES string of the molecule is Cn1cnc([C@@H]2CN(C(=O)c3ccn(C)n3)C[C@]23CCN(Cc2cccnc2)C3=O)c1. The van der Waals surface area contributed by atoms with Gasteiger partial charge in [-0.1, -0.05) is 6.07 Å². The van der Waals surface area contributed by atoms with Crippen molar-refractivity contribution in [1.29, 1.82) is 0 Å². The van der Waals surface area contributed by atoms with E-state index in [-0.39, 0.29) is 17.7 Å². The lowest BCUT2D eigenvalue weighted by molar-refractivity contribution is -0.136. The van der Waals surface area contributed by atoms with Gasteiger partial charge in [-0.25, -0.2) is 4.98 Å². The first-order valence-electron chi connectivity index (χ1n) is 10.4. The predicted octanol–water partition coefficient (Wildman–Crippen LogP) is 1.21. The van der Waals surface area contributed by atoms with Crippen molar-refractivity contribution in [3.63, 3.8) is 0 Å². The van der Waals surface area contributed by atoms with Gasteiger partial charge in [0.1, 0.15) is 5.69 Å². The molecule has 9 heteroatoms. The number of hydrogen-bond acceptors (Lipinski definition) is 5. The molecule has 5 heterocycles. The molecule has 31 heavy (non-hydrogen) atoms. The summed E-state index contributed by atoms with van der Waals surface area (Å²) < 4.78 is 3.50. The standard InChI is InChI=1S/C22H25N7O2/c1-26-13-19(24-15-26)17-12-29(20(30)18-5-8-27(2)25-18)14-22(17)6-9-28(21(22)31)11-16-4-3-7-23-10-16/h3-5,7-8,10,13,15,17H,6,9,11-12,14H2,1-2H3/t17-,22+/m0/s1. The fourth-order valence-electron chi connectivity index (χ4n) is 4.94. The monoisotopic (exact) mass is 419 g/mol. The Labute approximate surface area is 180 Å². The van der Waals surface area contributed by atoms with Crippen LogP contribution in [0.5, 0.6) is 0 Å². The van der Waals surface area contributed by atoms with E-state index in [4.69, 9.17) is 0 Å². The maximum absolute atomic E-state index is 13.7. The molecule has 2 amide bonds. The van der Waals surface area contributed by atoms with Crippen LogP contribution in [0.3, 0.4) is 0 Å². The van der Waals surface area contributed by atoms with E-state index >= 15 is 0 Å². The Bertz CT molecular complexity index is 1120. The Morgan fingerprint density at radius 1 is 1.29 bits per heavy atom. The molecule has 0 unspecified atom stereocenters. The lowest BCUT2D eigenvalue weighted by Crippen LogP contribution is -2.40. The van der Waals surface area contributed by atoms with Crippen molar-refractivity contribution < 1.29 is 9.59 Å².